The minimum Gasteiger partial charge on any atom is -0.466 e. The number of hydrogen-bond donors (Lipinski definition) is 2. The normalized spacial score (nSPS) is 13.6. The molecule has 0 unspecified atom stereocenters. The molecule has 2 N–H and O–H groups in total. The molecular formula is C19H28BrNO5. The molecule has 26 heavy (non-hydrogen) atoms. The van der Waals surface area contributed by atoms with Crippen LogP contribution < -0.4 is 5.32 Å². The van der Waals surface area contributed by atoms with Crippen molar-refractivity contribution >= 4 is 28.0 Å². The summed E-state index contributed by atoms with van der Waals surface area (Å²) in [4.78, 5) is 24.1. The largest absolute Gasteiger partial charge is 0.466 e. The number of nitrogens with one attached hydrogen (secondary N) is 1. The molecule has 0 aliphatic rings. The second kappa shape index (κ2) is 10.5. The third kappa shape index (κ3) is 8.67. The van der Waals surface area contributed by atoms with Gasteiger partial charge in [-0.15, -0.1) is 0 Å². The van der Waals surface area contributed by atoms with Crippen LogP contribution in [0.1, 0.15) is 39.7 Å². The van der Waals surface area contributed by atoms with Crippen LogP contribution in [-0.2, 0) is 20.7 Å². The van der Waals surface area contributed by atoms with Crippen molar-refractivity contribution in [1.29, 1.82) is 0 Å². The molecule has 0 spiro atoms. The van der Waals surface area contributed by atoms with Crippen molar-refractivity contribution in [2.75, 3.05) is 13.2 Å². The van der Waals surface area contributed by atoms with E-state index in [-0.39, 0.29) is 25.7 Å². The molecule has 1 rings (SSSR count). The zero-order chi connectivity index (χ0) is 19.7. The van der Waals surface area contributed by atoms with E-state index in [0.29, 0.717) is 6.42 Å². The standard InChI is InChI=1S/C19H28BrNO5/c1-5-25-17(23)14(12-22)11-16(21-18(24)26-19(2,3)4)10-13-6-8-15(20)9-7-13/h6-9,14,16,22H,5,10-12H2,1-4H3,(H,21,24)/t14-,16+/m0/s1. The van der Waals surface area contributed by atoms with Gasteiger partial charge < -0.3 is 19.9 Å². The predicted octanol–water partition coefficient (Wildman–Crippen LogP) is 3.45. The van der Waals surface area contributed by atoms with Crippen LogP contribution in [0.5, 0.6) is 0 Å². The van der Waals surface area contributed by atoms with E-state index in [9.17, 15) is 14.7 Å². The van der Waals surface area contributed by atoms with E-state index in [1.165, 1.54) is 0 Å². The highest BCUT2D eigenvalue weighted by atomic mass is 79.9. The summed E-state index contributed by atoms with van der Waals surface area (Å²) < 4.78 is 11.3. The molecule has 1 aromatic rings. The van der Waals surface area contributed by atoms with Gasteiger partial charge in [0.15, 0.2) is 0 Å². The van der Waals surface area contributed by atoms with Crippen LogP contribution in [0.4, 0.5) is 4.79 Å². The molecule has 0 aliphatic carbocycles. The van der Waals surface area contributed by atoms with Crippen molar-refractivity contribution in [3.05, 3.63) is 34.3 Å². The summed E-state index contributed by atoms with van der Waals surface area (Å²) in [6.45, 7) is 6.96. The van der Waals surface area contributed by atoms with Crippen molar-refractivity contribution < 1.29 is 24.2 Å². The van der Waals surface area contributed by atoms with E-state index in [2.05, 4.69) is 21.2 Å². The smallest absolute Gasteiger partial charge is 0.407 e. The molecule has 0 bridgehead atoms. The Bertz CT molecular complexity index is 583. The van der Waals surface area contributed by atoms with E-state index in [1.54, 1.807) is 27.7 Å². The fraction of sp³-hybridized carbons (Fsp3) is 0.579. The van der Waals surface area contributed by atoms with Gasteiger partial charge in [0.05, 0.1) is 19.1 Å². The fourth-order valence-electron chi connectivity index (χ4n) is 2.42. The van der Waals surface area contributed by atoms with Crippen LogP contribution in [0, 0.1) is 5.92 Å². The summed E-state index contributed by atoms with van der Waals surface area (Å²) >= 11 is 3.39. The van der Waals surface area contributed by atoms with Crippen LogP contribution in [0.2, 0.25) is 0 Å². The van der Waals surface area contributed by atoms with Crippen LogP contribution in [0.15, 0.2) is 28.7 Å². The highest BCUT2D eigenvalue weighted by Gasteiger charge is 2.26. The van der Waals surface area contributed by atoms with Gasteiger partial charge in [-0.05, 0) is 58.2 Å². The maximum atomic E-state index is 12.2. The Labute approximate surface area is 163 Å². The van der Waals surface area contributed by atoms with Crippen molar-refractivity contribution in [2.24, 2.45) is 5.92 Å². The lowest BCUT2D eigenvalue weighted by atomic mass is 9.95. The maximum Gasteiger partial charge on any atom is 0.407 e. The minimum absolute atomic E-state index is 0.242. The van der Waals surface area contributed by atoms with E-state index >= 15 is 0 Å². The average Bonchev–Trinajstić information content (AvgIpc) is 2.52. The number of carbonyl (C=O) groups is 2. The van der Waals surface area contributed by atoms with Gasteiger partial charge in [0.2, 0.25) is 0 Å². The maximum absolute atomic E-state index is 12.2. The minimum atomic E-state index is -0.703. The zero-order valence-corrected chi connectivity index (χ0v) is 17.3. The molecule has 7 heteroatoms. The van der Waals surface area contributed by atoms with Crippen LogP contribution in [0.3, 0.4) is 0 Å². The van der Waals surface area contributed by atoms with Crippen LogP contribution >= 0.6 is 15.9 Å². The van der Waals surface area contributed by atoms with Gasteiger partial charge in [0.25, 0.3) is 0 Å². The molecule has 0 heterocycles. The monoisotopic (exact) mass is 429 g/mol. The number of ether oxygens (including phenoxy) is 2. The Morgan fingerprint density at radius 3 is 2.35 bits per heavy atom. The SMILES string of the molecule is CCOC(=O)[C@H](CO)C[C@@H](Cc1ccc(Br)cc1)NC(=O)OC(C)(C)C. The van der Waals surface area contributed by atoms with Gasteiger partial charge in [-0.1, -0.05) is 28.1 Å². The third-order valence-electron chi connectivity index (χ3n) is 3.53. The second-order valence-corrected chi connectivity index (χ2v) is 7.96. The summed E-state index contributed by atoms with van der Waals surface area (Å²) in [6.07, 6.45) is 0.202. The number of hydrogen-bond acceptors (Lipinski definition) is 5. The topological polar surface area (TPSA) is 84.9 Å². The third-order valence-corrected chi connectivity index (χ3v) is 4.05. The van der Waals surface area contributed by atoms with E-state index in [4.69, 9.17) is 9.47 Å². The van der Waals surface area contributed by atoms with Crippen molar-refractivity contribution in [1.82, 2.24) is 5.32 Å². The lowest BCUT2D eigenvalue weighted by molar-refractivity contribution is -0.149. The first-order valence-corrected chi connectivity index (χ1v) is 9.45. The van der Waals surface area contributed by atoms with E-state index in [0.717, 1.165) is 10.0 Å². The Morgan fingerprint density at radius 1 is 1.23 bits per heavy atom. The second-order valence-electron chi connectivity index (χ2n) is 7.04. The number of amides is 1. The number of alkyl carbamates (subject to hydrolysis) is 1. The molecular weight excluding hydrogens is 402 g/mol. The first-order chi connectivity index (χ1) is 12.1. The average molecular weight is 430 g/mol. The Hall–Kier alpha value is -1.60. The highest BCUT2D eigenvalue weighted by Crippen LogP contribution is 2.17. The van der Waals surface area contributed by atoms with Gasteiger partial charge in [0, 0.05) is 10.5 Å². The van der Waals surface area contributed by atoms with Crippen molar-refractivity contribution in [3.8, 4) is 0 Å². The molecule has 0 aromatic heterocycles. The summed E-state index contributed by atoms with van der Waals surface area (Å²) in [5.74, 6) is -1.17. The molecule has 1 amide bonds. The molecule has 0 fully saturated rings. The molecule has 0 radical (unpaired) electrons. The number of esters is 1. The first-order valence-electron chi connectivity index (χ1n) is 8.66. The number of rotatable bonds is 8. The first kappa shape index (κ1) is 22.4. The predicted molar refractivity (Wildman–Crippen MR) is 103 cm³/mol. The summed E-state index contributed by atoms with van der Waals surface area (Å²) in [5.41, 5.74) is 0.374. The fourth-order valence-corrected chi connectivity index (χ4v) is 2.69. The lowest BCUT2D eigenvalue weighted by Gasteiger charge is -2.25. The number of aliphatic hydroxyl groups is 1. The number of aliphatic hydroxyl groups excluding tert-OH is 1. The van der Waals surface area contributed by atoms with Gasteiger partial charge in [-0.25, -0.2) is 4.79 Å². The molecule has 0 saturated heterocycles. The quantitative estimate of drug-likeness (QED) is 0.618. The van der Waals surface area contributed by atoms with E-state index in [1.807, 2.05) is 24.3 Å². The van der Waals surface area contributed by atoms with Gasteiger partial charge >= 0.3 is 12.1 Å². The van der Waals surface area contributed by atoms with Gasteiger partial charge in [-0.2, -0.15) is 0 Å². The summed E-state index contributed by atoms with van der Waals surface area (Å²) in [5, 5.41) is 12.4. The summed E-state index contributed by atoms with van der Waals surface area (Å²) in [6, 6.07) is 7.31. The molecule has 146 valence electrons. The molecule has 6 nitrogen and oxygen atoms in total. The molecule has 2 atom stereocenters. The van der Waals surface area contributed by atoms with Crippen molar-refractivity contribution in [2.45, 2.75) is 52.2 Å². The van der Waals surface area contributed by atoms with Gasteiger partial charge in [0.1, 0.15) is 5.60 Å². The van der Waals surface area contributed by atoms with Crippen molar-refractivity contribution in [3.63, 3.8) is 0 Å². The molecule has 0 aliphatic heterocycles. The number of carbonyl (C=O) groups excluding carboxylic acids is 2. The Balaban J connectivity index is 2.87. The highest BCUT2D eigenvalue weighted by molar-refractivity contribution is 9.10. The van der Waals surface area contributed by atoms with Crippen LogP contribution in [-0.4, -0.2) is 42.0 Å². The van der Waals surface area contributed by atoms with E-state index < -0.39 is 23.6 Å². The number of benzene rings is 1. The summed E-state index contributed by atoms with van der Waals surface area (Å²) in [7, 11) is 0. The lowest BCUT2D eigenvalue weighted by Crippen LogP contribution is -2.42. The Morgan fingerprint density at radius 2 is 1.85 bits per heavy atom. The molecule has 0 saturated carbocycles. The number of halogens is 1. The van der Waals surface area contributed by atoms with Crippen LogP contribution in [0.25, 0.3) is 0 Å². The zero-order valence-electron chi connectivity index (χ0n) is 15.8. The Kier molecular flexibility index (Phi) is 9.08. The molecule has 1 aromatic carbocycles. The van der Waals surface area contributed by atoms with Gasteiger partial charge in [-0.3, -0.25) is 4.79 Å².